The van der Waals surface area contributed by atoms with Crippen molar-refractivity contribution >= 4 is 11.9 Å². The molecule has 66 valence electrons. The minimum Gasteiger partial charge on any atom is -0.468 e. The maximum Gasteiger partial charge on any atom is 0.336 e. The predicted molar refractivity (Wildman–Crippen MR) is 38.8 cm³/mol. The molecule has 0 amide bonds. The molecule has 12 heavy (non-hydrogen) atoms. The van der Waals surface area contributed by atoms with Gasteiger partial charge in [-0.3, -0.25) is 0 Å². The third-order valence-corrected chi connectivity index (χ3v) is 1.17. The molecule has 0 saturated carbocycles. The van der Waals surface area contributed by atoms with Gasteiger partial charge in [-0.25, -0.2) is 9.59 Å². The second kappa shape index (κ2) is 4.50. The average Bonchev–Trinajstić information content (AvgIpc) is 2.12. The van der Waals surface area contributed by atoms with Gasteiger partial charge in [0.05, 0.1) is 19.8 Å². The van der Waals surface area contributed by atoms with Gasteiger partial charge in [-0.15, -0.1) is 0 Å². The van der Waals surface area contributed by atoms with Crippen molar-refractivity contribution in [3.8, 4) is 0 Å². The fraction of sp³-hybridized carbons (Fsp3) is 0.429. The molecule has 5 nitrogen and oxygen atoms in total. The third kappa shape index (κ3) is 2.35. The Hall–Kier alpha value is -1.36. The molecule has 1 atom stereocenters. The highest BCUT2D eigenvalue weighted by Gasteiger charge is 2.23. The second-order valence-corrected chi connectivity index (χ2v) is 1.91. The Morgan fingerprint density at radius 3 is 2.17 bits per heavy atom. The average molecular weight is 171 g/mol. The summed E-state index contributed by atoms with van der Waals surface area (Å²) in [5.41, 5.74) is 4.53. The van der Waals surface area contributed by atoms with Crippen LogP contribution in [0, 0.1) is 6.58 Å². The molecular formula is C7H9NO4. The highest BCUT2D eigenvalue weighted by Crippen LogP contribution is 2.00. The number of hydrogen-bond donors (Lipinski definition) is 1. The molecule has 0 aromatic carbocycles. The van der Waals surface area contributed by atoms with E-state index < -0.39 is 23.6 Å². The maximum atomic E-state index is 10.7. The van der Waals surface area contributed by atoms with Crippen LogP contribution < -0.4 is 5.73 Å². The Morgan fingerprint density at radius 2 is 1.83 bits per heavy atom. The normalized spacial score (nSPS) is 11.6. The molecule has 0 aliphatic rings. The molecule has 0 aromatic heterocycles. The first-order chi connectivity index (χ1) is 5.54. The van der Waals surface area contributed by atoms with Gasteiger partial charge >= 0.3 is 11.9 Å². The smallest absolute Gasteiger partial charge is 0.336 e. The van der Waals surface area contributed by atoms with E-state index in [1.165, 1.54) is 0 Å². The number of nitrogens with two attached hydrogens (primary N) is 1. The second-order valence-electron chi connectivity index (χ2n) is 1.91. The largest absolute Gasteiger partial charge is 0.468 e. The summed E-state index contributed by atoms with van der Waals surface area (Å²) in [5, 5.41) is 0. The van der Waals surface area contributed by atoms with E-state index in [4.69, 9.17) is 12.3 Å². The molecule has 2 radical (unpaired) electrons. The van der Waals surface area contributed by atoms with Gasteiger partial charge in [0.15, 0.2) is 0 Å². The number of carbonyl (C=O) groups is 2. The molecule has 0 heterocycles. The van der Waals surface area contributed by atoms with E-state index >= 15 is 0 Å². The molecule has 0 unspecified atom stereocenters. The molecule has 0 aliphatic heterocycles. The van der Waals surface area contributed by atoms with Gasteiger partial charge in [0.25, 0.3) is 0 Å². The minimum absolute atomic E-state index is 0.621. The predicted octanol–water partition coefficient (Wildman–Crippen LogP) is -1.10. The summed E-state index contributed by atoms with van der Waals surface area (Å²) in [7, 11) is 2.22. The summed E-state index contributed by atoms with van der Waals surface area (Å²) in [5.74, 6) is -1.78. The fourth-order valence-electron chi connectivity index (χ4n) is 0.482. The van der Waals surface area contributed by atoms with Crippen LogP contribution in [0.25, 0.3) is 0 Å². The van der Waals surface area contributed by atoms with Crippen LogP contribution in [-0.4, -0.2) is 32.2 Å². The lowest BCUT2D eigenvalue weighted by atomic mass is 10.1. The van der Waals surface area contributed by atoms with Crippen LogP contribution in [0.1, 0.15) is 0 Å². The van der Waals surface area contributed by atoms with E-state index in [0.717, 1.165) is 14.2 Å². The van der Waals surface area contributed by atoms with Crippen LogP contribution in [0.2, 0.25) is 0 Å². The minimum atomic E-state index is -1.37. The van der Waals surface area contributed by atoms with Crippen molar-refractivity contribution in [3.05, 3.63) is 12.2 Å². The number of carbonyl (C=O) groups excluding carboxylic acids is 2. The number of hydrogen-bond acceptors (Lipinski definition) is 5. The molecule has 0 bridgehead atoms. The summed E-state index contributed by atoms with van der Waals surface area (Å²) >= 11 is 0. The van der Waals surface area contributed by atoms with Gasteiger partial charge in [0.2, 0.25) is 0 Å². The Morgan fingerprint density at radius 1 is 1.33 bits per heavy atom. The maximum absolute atomic E-state index is 10.7. The number of methoxy groups -OCH3 is 2. The molecule has 0 rings (SSSR count). The van der Waals surface area contributed by atoms with E-state index in [1.54, 1.807) is 0 Å². The molecule has 0 aliphatic carbocycles. The molecule has 0 aromatic rings. The van der Waals surface area contributed by atoms with Crippen molar-refractivity contribution in [3.63, 3.8) is 0 Å². The van der Waals surface area contributed by atoms with E-state index in [0.29, 0.717) is 0 Å². The van der Waals surface area contributed by atoms with Crippen LogP contribution in [-0.2, 0) is 19.1 Å². The van der Waals surface area contributed by atoms with Crippen LogP contribution in [0.15, 0.2) is 5.57 Å². The lowest BCUT2D eigenvalue weighted by molar-refractivity contribution is -0.144. The standard InChI is InChI=1S/C7H9NO4/c1-4(6(9)11-2)5(8)7(10)12-3/h5H,8H2,2-3H3/t5-/m0/s1. The molecular weight excluding hydrogens is 162 g/mol. The molecule has 2 N–H and O–H groups in total. The Balaban J connectivity index is 4.29. The zero-order valence-corrected chi connectivity index (χ0v) is 6.79. The lowest BCUT2D eigenvalue weighted by Gasteiger charge is -2.08. The summed E-state index contributed by atoms with van der Waals surface area (Å²) in [6.07, 6.45) is 0. The van der Waals surface area contributed by atoms with Crippen LogP contribution in [0.5, 0.6) is 0 Å². The van der Waals surface area contributed by atoms with Crippen molar-refractivity contribution in [2.45, 2.75) is 6.04 Å². The van der Waals surface area contributed by atoms with Crippen LogP contribution >= 0.6 is 0 Å². The van der Waals surface area contributed by atoms with Gasteiger partial charge < -0.3 is 15.2 Å². The van der Waals surface area contributed by atoms with E-state index in [1.807, 2.05) is 0 Å². The van der Waals surface area contributed by atoms with Gasteiger partial charge in [-0.2, -0.15) is 0 Å². The van der Waals surface area contributed by atoms with Crippen molar-refractivity contribution in [1.82, 2.24) is 0 Å². The lowest BCUT2D eigenvalue weighted by Crippen LogP contribution is -2.36. The summed E-state index contributed by atoms with van der Waals surface area (Å²) < 4.78 is 8.39. The zero-order chi connectivity index (χ0) is 9.72. The topological polar surface area (TPSA) is 78.6 Å². The van der Waals surface area contributed by atoms with E-state index in [2.05, 4.69) is 9.47 Å². The molecule has 5 heteroatoms. The van der Waals surface area contributed by atoms with Crippen molar-refractivity contribution < 1.29 is 19.1 Å². The molecule has 0 spiro atoms. The van der Waals surface area contributed by atoms with Crippen molar-refractivity contribution in [2.75, 3.05) is 14.2 Å². The van der Waals surface area contributed by atoms with E-state index in [-0.39, 0.29) is 0 Å². The summed E-state index contributed by atoms with van der Waals surface area (Å²) in [6.45, 7) is 7.03. The Labute approximate surface area is 70.1 Å². The third-order valence-electron chi connectivity index (χ3n) is 1.17. The molecule has 0 fully saturated rings. The van der Waals surface area contributed by atoms with Crippen LogP contribution in [0.4, 0.5) is 0 Å². The number of ether oxygens (including phenoxy) is 2. The summed E-state index contributed by atoms with van der Waals surface area (Å²) in [6, 6.07) is -1.37. The highest BCUT2D eigenvalue weighted by molar-refractivity contribution is 5.96. The first-order valence-corrected chi connectivity index (χ1v) is 3.04. The van der Waals surface area contributed by atoms with Gasteiger partial charge in [0, 0.05) is 6.58 Å². The Kier molecular flexibility index (Phi) is 3.99. The number of esters is 2. The first kappa shape index (κ1) is 10.6. The Bertz CT molecular complexity index is 211. The monoisotopic (exact) mass is 171 g/mol. The highest BCUT2D eigenvalue weighted by atomic mass is 16.5. The van der Waals surface area contributed by atoms with Crippen molar-refractivity contribution in [2.24, 2.45) is 5.73 Å². The first-order valence-electron chi connectivity index (χ1n) is 3.04. The molecule has 0 saturated heterocycles. The zero-order valence-electron chi connectivity index (χ0n) is 6.79. The van der Waals surface area contributed by atoms with E-state index in [9.17, 15) is 9.59 Å². The van der Waals surface area contributed by atoms with Gasteiger partial charge in [-0.1, -0.05) is 0 Å². The fourth-order valence-corrected chi connectivity index (χ4v) is 0.482. The van der Waals surface area contributed by atoms with Gasteiger partial charge in [0.1, 0.15) is 6.04 Å². The number of rotatable bonds is 3. The van der Waals surface area contributed by atoms with Crippen LogP contribution in [0.3, 0.4) is 0 Å². The summed E-state index contributed by atoms with van der Waals surface area (Å²) in [4.78, 5) is 21.3. The van der Waals surface area contributed by atoms with Gasteiger partial charge in [-0.05, 0) is 0 Å². The quantitative estimate of drug-likeness (QED) is 0.430. The SMILES string of the molecule is [C]=C(C(=O)OC)[C@H](N)C(=O)OC. The van der Waals surface area contributed by atoms with Crippen molar-refractivity contribution in [1.29, 1.82) is 0 Å².